The molecule has 100 heavy (non-hydrogen) atoms. The van der Waals surface area contributed by atoms with Gasteiger partial charge in [0.2, 0.25) is 0 Å². The Bertz CT molecular complexity index is 3210. The third-order valence-electron chi connectivity index (χ3n) is 19.7. The highest BCUT2D eigenvalue weighted by Crippen LogP contribution is 2.49. The second-order valence-corrected chi connectivity index (χ2v) is 39.8. The fourth-order valence-corrected chi connectivity index (χ4v) is 15.8. The Labute approximate surface area is 617 Å². The van der Waals surface area contributed by atoms with Crippen LogP contribution in [-0.2, 0) is 31.2 Å². The van der Waals surface area contributed by atoms with Gasteiger partial charge in [0.15, 0.2) is 11.6 Å². The molecular weight excluding hydrogens is 1270 g/mol. The molecule has 6 rings (SSSR count). The summed E-state index contributed by atoms with van der Waals surface area (Å²) < 4.78 is 12.7. The number of aromatic hydroxyl groups is 2. The first kappa shape index (κ1) is 83.5. The van der Waals surface area contributed by atoms with Gasteiger partial charge >= 0.3 is 0 Å². The zero-order chi connectivity index (χ0) is 74.4. The number of ketones is 2. The number of benzene rings is 4. The van der Waals surface area contributed by atoms with Crippen molar-refractivity contribution in [3.63, 3.8) is 0 Å². The Morgan fingerprint density at radius 1 is 0.300 bits per heavy atom. The Kier molecular flexibility index (Phi) is 29.5. The molecule has 6 nitrogen and oxygen atoms in total. The number of phenols is 2. The third-order valence-corrected chi connectivity index (χ3v) is 22.2. The lowest BCUT2D eigenvalue weighted by atomic mass is 9.70. The van der Waals surface area contributed by atoms with Crippen LogP contribution >= 0.6 is 21.6 Å². The molecule has 0 radical (unpaired) electrons. The first-order valence-corrected chi connectivity index (χ1v) is 40.8. The quantitative estimate of drug-likeness (QED) is 0.0380. The minimum Gasteiger partial charge on any atom is -0.507 e. The second kappa shape index (κ2) is 35.4. The molecular formula is C92H134O6S2. The summed E-state index contributed by atoms with van der Waals surface area (Å²) in [5.41, 5.74) is 12.6. The summed E-state index contributed by atoms with van der Waals surface area (Å²) in [6, 6.07) is 25.7. The lowest BCUT2D eigenvalue weighted by Gasteiger charge is -2.32. The number of ether oxygens (including phenoxy) is 2. The van der Waals surface area contributed by atoms with E-state index in [0.717, 1.165) is 113 Å². The number of phenolic OH excluding ortho intramolecular Hbond substituents is 2. The van der Waals surface area contributed by atoms with Gasteiger partial charge in [0.25, 0.3) is 0 Å². The van der Waals surface area contributed by atoms with Gasteiger partial charge in [-0.05, 0) is 186 Å². The van der Waals surface area contributed by atoms with Crippen LogP contribution in [0, 0.1) is 21.7 Å². The van der Waals surface area contributed by atoms with Gasteiger partial charge in [-0.3, -0.25) is 9.59 Å². The van der Waals surface area contributed by atoms with Crippen molar-refractivity contribution >= 4 is 44.3 Å². The standard InChI is InChI=1S/C92H134O6S2/c1-85(2,3)71-55-65(56-72(81(71)93)86(4,5)6)79(66-57-73(87(7,8)9)82(94)74(58-66)88(10,11)12)63-43-47-69(48-44-63)97-51-39-35-31-27-25-29-33-37-41-53-99-100-54-42-38-34-30-26-28-32-36-40-52-98-70-49-45-64(46-50-70)80(67-59-75(89(13,14)15)83(95)76(60-67)90(16,17)18)68-61-77(91(19,20)21)84(96)78(62-68)92(22,23)24/h43-50,55-62,93,95H,25-42,51-54H2,1-24H3. The molecule has 2 aliphatic rings. The maximum atomic E-state index is 14.1. The number of hydrogen-bond donors (Lipinski definition) is 2. The monoisotopic (exact) mass is 1400 g/mol. The van der Waals surface area contributed by atoms with Gasteiger partial charge in [0, 0.05) is 56.1 Å². The topological polar surface area (TPSA) is 93.1 Å². The molecule has 8 heteroatoms. The molecule has 0 aromatic heterocycles. The molecule has 0 saturated carbocycles. The number of carbonyl (C=O) groups is 2. The van der Waals surface area contributed by atoms with Crippen LogP contribution < -0.4 is 9.47 Å². The van der Waals surface area contributed by atoms with Gasteiger partial charge in [0.05, 0.1) is 13.2 Å². The average molecular weight is 1400 g/mol. The minimum atomic E-state index is -0.349. The SMILES string of the molecule is CC(C)(C)C1=CC(=C(c2ccc(OCCCCCCCCCCCSSCCCCCCCCCCCOc3ccc(C(=C4C=C(C(C)(C)C)C(=O)C(C(C)(C)C)=C4)c4cc(C(C)(C)C)c(O)c(C(C)(C)C)c4)cc3)cc2)c2cc(C(C)(C)C)c(O)c(C(C)(C)C)c2)C=C(C(C)(C)C)C1=O. The van der Waals surface area contributed by atoms with Crippen molar-refractivity contribution < 1.29 is 29.3 Å². The van der Waals surface area contributed by atoms with Crippen LogP contribution in [0.2, 0.25) is 0 Å². The highest BCUT2D eigenvalue weighted by Gasteiger charge is 2.38. The predicted octanol–water partition coefficient (Wildman–Crippen LogP) is 26.8. The molecule has 0 amide bonds. The second-order valence-electron chi connectivity index (χ2n) is 37.1. The largest absolute Gasteiger partial charge is 0.507 e. The van der Waals surface area contributed by atoms with E-state index in [2.05, 4.69) is 285 Å². The van der Waals surface area contributed by atoms with E-state index < -0.39 is 0 Å². The molecule has 4 aromatic rings. The zero-order valence-electron chi connectivity index (χ0n) is 67.1. The lowest BCUT2D eigenvalue weighted by molar-refractivity contribution is -0.114. The van der Waals surface area contributed by atoms with Crippen molar-refractivity contribution in [3.8, 4) is 23.0 Å². The maximum Gasteiger partial charge on any atom is 0.186 e. The molecule has 0 saturated heterocycles. The Morgan fingerprint density at radius 3 is 0.740 bits per heavy atom. The summed E-state index contributed by atoms with van der Waals surface area (Å²) >= 11 is 0. The van der Waals surface area contributed by atoms with E-state index in [0.29, 0.717) is 24.7 Å². The first-order chi connectivity index (χ1) is 46.4. The highest BCUT2D eigenvalue weighted by atomic mass is 33.1. The number of carbonyl (C=O) groups excluding carboxylic acids is 2. The Morgan fingerprint density at radius 2 is 0.520 bits per heavy atom. The van der Waals surface area contributed by atoms with Gasteiger partial charge in [0.1, 0.15) is 23.0 Å². The van der Waals surface area contributed by atoms with Crippen molar-refractivity contribution in [1.29, 1.82) is 0 Å². The highest BCUT2D eigenvalue weighted by molar-refractivity contribution is 8.76. The predicted molar refractivity (Wildman–Crippen MR) is 435 cm³/mol. The van der Waals surface area contributed by atoms with E-state index in [9.17, 15) is 19.8 Å². The number of hydrogen-bond acceptors (Lipinski definition) is 8. The van der Waals surface area contributed by atoms with Gasteiger partial charge in [-0.2, -0.15) is 0 Å². The summed E-state index contributed by atoms with van der Waals surface area (Å²) in [6.45, 7) is 52.8. The number of unbranched alkanes of at least 4 members (excludes halogenated alkanes) is 16. The van der Waals surface area contributed by atoms with Crippen LogP contribution in [0.15, 0.2) is 131 Å². The van der Waals surface area contributed by atoms with Gasteiger partial charge in [-0.15, -0.1) is 0 Å². The molecule has 0 aliphatic heterocycles. The normalized spacial score (nSPS) is 14.7. The van der Waals surface area contributed by atoms with Crippen LogP contribution in [0.4, 0.5) is 0 Å². The number of allylic oxidation sites excluding steroid dienone is 10. The van der Waals surface area contributed by atoms with E-state index >= 15 is 0 Å². The molecule has 0 unspecified atom stereocenters. The van der Waals surface area contributed by atoms with Gasteiger partial charge in [-0.25, -0.2) is 0 Å². The van der Waals surface area contributed by atoms with Gasteiger partial charge in [-0.1, -0.05) is 302 Å². The van der Waals surface area contributed by atoms with E-state index in [1.165, 1.54) is 114 Å². The van der Waals surface area contributed by atoms with Crippen LogP contribution in [0.25, 0.3) is 11.1 Å². The molecule has 2 aliphatic carbocycles. The maximum absolute atomic E-state index is 14.1. The molecule has 2 N–H and O–H groups in total. The van der Waals surface area contributed by atoms with E-state index in [-0.39, 0.29) is 54.9 Å². The van der Waals surface area contributed by atoms with Crippen molar-refractivity contribution in [3.05, 3.63) is 175 Å². The Balaban J connectivity index is 0.839. The smallest absolute Gasteiger partial charge is 0.186 e. The third kappa shape index (κ3) is 24.1. The van der Waals surface area contributed by atoms with E-state index in [4.69, 9.17) is 9.47 Å². The van der Waals surface area contributed by atoms with E-state index in [1.807, 2.05) is 0 Å². The molecule has 550 valence electrons. The minimum absolute atomic E-state index is 0.118. The van der Waals surface area contributed by atoms with Crippen LogP contribution in [-0.4, -0.2) is 46.5 Å². The van der Waals surface area contributed by atoms with Gasteiger partial charge < -0.3 is 19.7 Å². The summed E-state index contributed by atoms with van der Waals surface area (Å²) in [5, 5.41) is 23.5. The Hall–Kier alpha value is -5.44. The lowest BCUT2D eigenvalue weighted by Crippen LogP contribution is -2.28. The van der Waals surface area contributed by atoms with Crippen LogP contribution in [0.1, 0.15) is 326 Å². The molecule has 0 atom stereocenters. The van der Waals surface area contributed by atoms with Crippen molar-refractivity contribution in [2.45, 2.75) is 303 Å². The molecule has 0 spiro atoms. The zero-order valence-corrected chi connectivity index (χ0v) is 68.8. The average Bonchev–Trinajstić information content (AvgIpc) is 0.759. The van der Waals surface area contributed by atoms with Crippen molar-refractivity contribution in [2.75, 3.05) is 24.7 Å². The fraction of sp³-hybridized carbons (Fsp3) is 0.587. The van der Waals surface area contributed by atoms with Crippen LogP contribution in [0.5, 0.6) is 23.0 Å². The summed E-state index contributed by atoms with van der Waals surface area (Å²) in [7, 11) is 4.16. The van der Waals surface area contributed by atoms with Crippen molar-refractivity contribution in [2.24, 2.45) is 21.7 Å². The molecule has 0 fully saturated rings. The van der Waals surface area contributed by atoms with Crippen molar-refractivity contribution in [1.82, 2.24) is 0 Å². The summed E-state index contributed by atoms with van der Waals surface area (Å²) in [4.78, 5) is 28.3. The van der Waals surface area contributed by atoms with Crippen LogP contribution in [0.3, 0.4) is 0 Å². The number of rotatable bonds is 31. The molecule has 0 heterocycles. The number of Topliss-reactive ketones (excluding diaryl/α,β-unsaturated/α-hetero) is 2. The first-order valence-electron chi connectivity index (χ1n) is 38.3. The molecule has 0 bridgehead atoms. The fourth-order valence-electron chi connectivity index (χ4n) is 13.6. The summed E-state index contributed by atoms with van der Waals surface area (Å²) in [6.07, 6.45) is 31.4. The molecule has 4 aromatic carbocycles. The summed E-state index contributed by atoms with van der Waals surface area (Å²) in [5.74, 6) is 5.22. The van der Waals surface area contributed by atoms with E-state index in [1.54, 1.807) is 0 Å².